The highest BCUT2D eigenvalue weighted by molar-refractivity contribution is 7.92. The molecule has 9 heteroatoms. The van der Waals surface area contributed by atoms with Gasteiger partial charge in [0, 0.05) is 25.3 Å². The van der Waals surface area contributed by atoms with E-state index >= 15 is 0 Å². The molecule has 3 aromatic carbocycles. The second kappa shape index (κ2) is 9.07. The molecule has 4 aromatic rings. The van der Waals surface area contributed by atoms with E-state index in [1.54, 1.807) is 67.2 Å². The highest BCUT2D eigenvalue weighted by Gasteiger charge is 2.19. The molecule has 1 amide bonds. The lowest BCUT2D eigenvalue weighted by Crippen LogP contribution is -2.29. The van der Waals surface area contributed by atoms with Crippen molar-refractivity contribution >= 4 is 38.3 Å². The summed E-state index contributed by atoms with van der Waals surface area (Å²) in [6.07, 6.45) is 1.18. The highest BCUT2D eigenvalue weighted by Crippen LogP contribution is 2.24. The number of aryl methyl sites for hydroxylation is 4. The van der Waals surface area contributed by atoms with Gasteiger partial charge < -0.3 is 5.32 Å². The van der Waals surface area contributed by atoms with Gasteiger partial charge in [0.1, 0.15) is 0 Å². The van der Waals surface area contributed by atoms with Crippen LogP contribution in [0.3, 0.4) is 0 Å². The predicted octanol–water partition coefficient (Wildman–Crippen LogP) is 3.71. The maximum absolute atomic E-state index is 12.8. The lowest BCUT2D eigenvalue weighted by molar-refractivity contribution is 0.102. The number of benzene rings is 3. The number of carbonyl (C=O) groups is 1. The van der Waals surface area contributed by atoms with E-state index in [2.05, 4.69) is 5.32 Å². The number of sulfonamides is 1. The Morgan fingerprint density at radius 2 is 1.54 bits per heavy atom. The summed E-state index contributed by atoms with van der Waals surface area (Å²) >= 11 is 0. The summed E-state index contributed by atoms with van der Waals surface area (Å²) in [5.41, 5.74) is 5.83. The molecule has 0 spiro atoms. The van der Waals surface area contributed by atoms with Crippen molar-refractivity contribution in [1.29, 1.82) is 0 Å². The number of aromatic nitrogens is 2. The van der Waals surface area contributed by atoms with Crippen molar-refractivity contribution in [3.8, 4) is 0 Å². The van der Waals surface area contributed by atoms with Crippen molar-refractivity contribution in [2.24, 2.45) is 14.1 Å². The zero-order valence-corrected chi connectivity index (χ0v) is 21.2. The van der Waals surface area contributed by atoms with Crippen LogP contribution in [-0.2, 0) is 30.7 Å². The van der Waals surface area contributed by atoms with Gasteiger partial charge >= 0.3 is 5.69 Å². The molecule has 4 rings (SSSR count). The summed E-state index contributed by atoms with van der Waals surface area (Å²) in [4.78, 5) is 24.9. The Morgan fingerprint density at radius 3 is 2.17 bits per heavy atom. The molecule has 0 saturated heterocycles. The van der Waals surface area contributed by atoms with Gasteiger partial charge in [0.15, 0.2) is 0 Å². The van der Waals surface area contributed by atoms with E-state index in [1.165, 1.54) is 15.1 Å². The van der Waals surface area contributed by atoms with Gasteiger partial charge in [-0.2, -0.15) is 0 Å². The van der Waals surface area contributed by atoms with Crippen molar-refractivity contribution in [1.82, 2.24) is 9.13 Å². The van der Waals surface area contributed by atoms with Crippen LogP contribution in [0.25, 0.3) is 11.0 Å². The van der Waals surface area contributed by atoms with Crippen LogP contribution >= 0.6 is 0 Å². The number of fused-ring (bicyclic) bond motifs is 1. The van der Waals surface area contributed by atoms with Crippen LogP contribution in [0.1, 0.15) is 27.0 Å². The molecule has 182 valence electrons. The summed E-state index contributed by atoms with van der Waals surface area (Å²) in [5, 5.41) is 2.86. The van der Waals surface area contributed by atoms with E-state index in [4.69, 9.17) is 0 Å². The number of nitrogens with zero attached hydrogens (tertiary/aromatic N) is 3. The third-order valence-electron chi connectivity index (χ3n) is 6.25. The van der Waals surface area contributed by atoms with Gasteiger partial charge in [0.05, 0.1) is 29.5 Å². The number of imidazole rings is 1. The summed E-state index contributed by atoms with van der Waals surface area (Å²) in [6, 6.07) is 17.7. The van der Waals surface area contributed by atoms with Crippen molar-refractivity contribution in [2.45, 2.75) is 20.4 Å². The van der Waals surface area contributed by atoms with E-state index in [0.29, 0.717) is 16.9 Å². The largest absolute Gasteiger partial charge is 0.328 e. The second-order valence-electron chi connectivity index (χ2n) is 8.79. The molecule has 35 heavy (non-hydrogen) atoms. The number of hydrogen-bond donors (Lipinski definition) is 1. The van der Waals surface area contributed by atoms with Crippen LogP contribution in [-0.4, -0.2) is 29.7 Å². The summed E-state index contributed by atoms with van der Waals surface area (Å²) in [6.45, 7) is 4.08. The molecule has 0 radical (unpaired) electrons. The molecule has 0 unspecified atom stereocenters. The molecular weight excluding hydrogens is 464 g/mol. The van der Waals surface area contributed by atoms with Crippen LogP contribution < -0.4 is 15.3 Å². The topological polar surface area (TPSA) is 93.4 Å². The Hall–Kier alpha value is -3.85. The molecule has 0 aliphatic carbocycles. The Kier molecular flexibility index (Phi) is 6.29. The first kappa shape index (κ1) is 24.3. The molecule has 0 aliphatic rings. The van der Waals surface area contributed by atoms with Crippen LogP contribution in [0, 0.1) is 13.8 Å². The first-order chi connectivity index (χ1) is 16.5. The SMILES string of the molecule is Cc1ccc(N(Cc2ccc(C(=O)Nc3ccc4c(c3)n(C)c(=O)n4C)cc2)S(C)(=O)=O)cc1C. The predicted molar refractivity (Wildman–Crippen MR) is 139 cm³/mol. The molecule has 0 aliphatic heterocycles. The second-order valence-corrected chi connectivity index (χ2v) is 10.7. The van der Waals surface area contributed by atoms with Gasteiger partial charge in [0.2, 0.25) is 10.0 Å². The van der Waals surface area contributed by atoms with Gasteiger partial charge in [0.25, 0.3) is 5.91 Å². The molecular formula is C26H28N4O4S. The minimum atomic E-state index is -3.51. The van der Waals surface area contributed by atoms with E-state index < -0.39 is 10.0 Å². The third kappa shape index (κ3) is 4.85. The summed E-state index contributed by atoms with van der Waals surface area (Å²) in [5.74, 6) is -0.300. The molecule has 0 saturated carbocycles. The zero-order chi connectivity index (χ0) is 25.5. The van der Waals surface area contributed by atoms with Crippen molar-refractivity contribution in [2.75, 3.05) is 15.9 Å². The van der Waals surface area contributed by atoms with Gasteiger partial charge in [-0.15, -0.1) is 0 Å². The minimum Gasteiger partial charge on any atom is -0.322 e. The summed E-state index contributed by atoms with van der Waals surface area (Å²) < 4.78 is 29.4. The standard InChI is InChI=1S/C26H28N4O4S/c1-17-6-12-22(14-18(17)2)30(35(5,33)34)16-19-7-9-20(10-8-19)25(31)27-21-11-13-23-24(15-21)29(4)26(32)28(23)3/h6-15H,16H2,1-5H3,(H,27,31). The van der Waals surface area contributed by atoms with Crippen LogP contribution in [0.15, 0.2) is 65.5 Å². The van der Waals surface area contributed by atoms with Gasteiger partial charge in [-0.1, -0.05) is 18.2 Å². The van der Waals surface area contributed by atoms with Crippen molar-refractivity contribution in [3.63, 3.8) is 0 Å². The first-order valence-electron chi connectivity index (χ1n) is 11.1. The van der Waals surface area contributed by atoms with E-state index in [-0.39, 0.29) is 18.1 Å². The average Bonchev–Trinajstić information content (AvgIpc) is 3.02. The Labute approximate surface area is 204 Å². The monoisotopic (exact) mass is 492 g/mol. The smallest absolute Gasteiger partial charge is 0.322 e. The Balaban J connectivity index is 1.53. The van der Waals surface area contributed by atoms with Gasteiger partial charge in [-0.3, -0.25) is 18.2 Å². The maximum Gasteiger partial charge on any atom is 0.328 e. The fourth-order valence-corrected chi connectivity index (χ4v) is 4.88. The quantitative estimate of drug-likeness (QED) is 0.444. The summed E-state index contributed by atoms with van der Waals surface area (Å²) in [7, 11) is -0.117. The number of hydrogen-bond acceptors (Lipinski definition) is 4. The third-order valence-corrected chi connectivity index (χ3v) is 7.39. The molecule has 8 nitrogen and oxygen atoms in total. The van der Waals surface area contributed by atoms with Crippen LogP contribution in [0.5, 0.6) is 0 Å². The maximum atomic E-state index is 12.8. The number of anilines is 2. The van der Waals surface area contributed by atoms with E-state index in [0.717, 1.165) is 27.7 Å². The van der Waals surface area contributed by atoms with Crippen LogP contribution in [0.2, 0.25) is 0 Å². The molecule has 1 N–H and O–H groups in total. The Morgan fingerprint density at radius 1 is 0.886 bits per heavy atom. The molecule has 0 fully saturated rings. The van der Waals surface area contributed by atoms with Gasteiger partial charge in [-0.05, 0) is 73.0 Å². The average molecular weight is 493 g/mol. The van der Waals surface area contributed by atoms with Crippen molar-refractivity contribution in [3.05, 3.63) is 93.4 Å². The Bertz CT molecular complexity index is 1600. The normalized spacial score (nSPS) is 11.6. The number of rotatable bonds is 6. The first-order valence-corrected chi connectivity index (χ1v) is 12.9. The number of nitrogens with one attached hydrogen (secondary N) is 1. The minimum absolute atomic E-state index is 0.136. The molecule has 0 bridgehead atoms. The fourth-order valence-electron chi connectivity index (χ4n) is 4.00. The lowest BCUT2D eigenvalue weighted by atomic mass is 10.1. The molecule has 0 atom stereocenters. The molecule has 1 heterocycles. The van der Waals surface area contributed by atoms with Gasteiger partial charge in [-0.25, -0.2) is 13.2 Å². The highest BCUT2D eigenvalue weighted by atomic mass is 32.2. The lowest BCUT2D eigenvalue weighted by Gasteiger charge is -2.23. The van der Waals surface area contributed by atoms with Crippen LogP contribution in [0.4, 0.5) is 11.4 Å². The molecule has 1 aromatic heterocycles. The fraction of sp³-hybridized carbons (Fsp3) is 0.231. The number of amides is 1. The van der Waals surface area contributed by atoms with E-state index in [1.807, 2.05) is 26.0 Å². The number of carbonyl (C=O) groups excluding carboxylic acids is 1. The van der Waals surface area contributed by atoms with E-state index in [9.17, 15) is 18.0 Å². The zero-order valence-electron chi connectivity index (χ0n) is 20.4. The van der Waals surface area contributed by atoms with Crippen molar-refractivity contribution < 1.29 is 13.2 Å².